The standard InChI is InChI=1S/C52H40N2/c1-5-19-45(20-6-1)53(46-21-7-2-8-22-46)49-37-31-41(32-38-49)29-35-43-17-13-15-27-51(43)52-28-16-14-18-44(52)36-30-42-33-39-50(40-34-42)54(47-23-9-3-10-24-47)48-25-11-4-12-26-48/h1-40H/i29D,30D. The van der Waals surface area contributed by atoms with Gasteiger partial charge in [-0.05, 0) is 106 Å². The van der Waals surface area contributed by atoms with Crippen LogP contribution in [0, 0.1) is 0 Å². The minimum Gasteiger partial charge on any atom is -0.311 e. The zero-order chi connectivity index (χ0) is 38.1. The molecule has 0 bridgehead atoms. The molecule has 0 heterocycles. The highest BCUT2D eigenvalue weighted by atomic mass is 15.1. The molecule has 0 aromatic heterocycles. The fourth-order valence-corrected chi connectivity index (χ4v) is 6.67. The van der Waals surface area contributed by atoms with Crippen LogP contribution in [0.5, 0.6) is 0 Å². The third-order valence-electron chi connectivity index (χ3n) is 9.31. The summed E-state index contributed by atoms with van der Waals surface area (Å²) in [6, 6.07) is 74.9. The first-order valence-electron chi connectivity index (χ1n) is 19.2. The van der Waals surface area contributed by atoms with Gasteiger partial charge in [0.05, 0.1) is 2.74 Å². The second kappa shape index (κ2) is 16.5. The van der Waals surface area contributed by atoms with Crippen molar-refractivity contribution in [1.29, 1.82) is 0 Å². The van der Waals surface area contributed by atoms with Gasteiger partial charge in [0.2, 0.25) is 0 Å². The van der Waals surface area contributed by atoms with E-state index in [-0.39, 0.29) is 0 Å². The minimum atomic E-state index is 0.421. The minimum absolute atomic E-state index is 0.421. The molecule has 8 rings (SSSR count). The Morgan fingerprint density at radius 2 is 0.537 bits per heavy atom. The quantitative estimate of drug-likeness (QED) is 0.124. The highest BCUT2D eigenvalue weighted by molar-refractivity contribution is 5.88. The van der Waals surface area contributed by atoms with Crippen LogP contribution in [0.4, 0.5) is 34.1 Å². The van der Waals surface area contributed by atoms with Crippen molar-refractivity contribution in [1.82, 2.24) is 0 Å². The molecule has 0 amide bonds. The lowest BCUT2D eigenvalue weighted by Gasteiger charge is -2.25. The van der Waals surface area contributed by atoms with Gasteiger partial charge in [-0.3, -0.25) is 0 Å². The Kier molecular flexibility index (Phi) is 9.62. The largest absolute Gasteiger partial charge is 0.311 e. The molecule has 8 aromatic carbocycles. The molecule has 0 N–H and O–H groups in total. The highest BCUT2D eigenvalue weighted by Gasteiger charge is 2.13. The summed E-state index contributed by atoms with van der Waals surface area (Å²) in [7, 11) is 0. The van der Waals surface area contributed by atoms with Crippen LogP contribution in [-0.4, -0.2) is 0 Å². The van der Waals surface area contributed by atoms with Crippen LogP contribution < -0.4 is 9.80 Å². The lowest BCUT2D eigenvalue weighted by Crippen LogP contribution is -2.09. The van der Waals surface area contributed by atoms with E-state index in [0.717, 1.165) is 67.5 Å². The molecule has 0 spiro atoms. The Morgan fingerprint density at radius 1 is 0.278 bits per heavy atom. The Hall–Kier alpha value is -7.16. The van der Waals surface area contributed by atoms with Crippen molar-refractivity contribution in [3.63, 3.8) is 0 Å². The Bertz CT molecular complexity index is 2310. The number of benzene rings is 8. The van der Waals surface area contributed by atoms with E-state index in [4.69, 9.17) is 2.74 Å². The van der Waals surface area contributed by atoms with Crippen LogP contribution in [0.25, 0.3) is 35.4 Å². The Balaban J connectivity index is 1.07. The molecule has 0 unspecified atom stereocenters. The van der Waals surface area contributed by atoms with E-state index < -0.39 is 0 Å². The molecule has 8 aromatic rings. The third kappa shape index (κ3) is 7.84. The summed E-state index contributed by atoms with van der Waals surface area (Å²) in [5, 5.41) is 0. The van der Waals surface area contributed by atoms with E-state index in [0.29, 0.717) is 12.1 Å². The fourth-order valence-electron chi connectivity index (χ4n) is 6.67. The molecule has 0 aliphatic carbocycles. The maximum Gasteiger partial charge on any atom is 0.0629 e. The first-order chi connectivity index (χ1) is 27.6. The molecule has 0 aliphatic heterocycles. The van der Waals surface area contributed by atoms with Gasteiger partial charge < -0.3 is 9.80 Å². The molecular weight excluding hydrogens is 653 g/mol. The summed E-state index contributed by atoms with van der Waals surface area (Å²) < 4.78 is 18.3. The van der Waals surface area contributed by atoms with Crippen molar-refractivity contribution >= 4 is 58.4 Å². The van der Waals surface area contributed by atoms with Gasteiger partial charge >= 0.3 is 0 Å². The van der Waals surface area contributed by atoms with Crippen molar-refractivity contribution < 1.29 is 2.74 Å². The average molecular weight is 695 g/mol. The van der Waals surface area contributed by atoms with Crippen molar-refractivity contribution in [2.75, 3.05) is 9.80 Å². The molecule has 0 saturated heterocycles. The van der Waals surface area contributed by atoms with Gasteiger partial charge in [-0.25, -0.2) is 0 Å². The second-order valence-electron chi connectivity index (χ2n) is 12.9. The van der Waals surface area contributed by atoms with E-state index >= 15 is 0 Å². The van der Waals surface area contributed by atoms with Gasteiger partial charge in [-0.2, -0.15) is 0 Å². The lowest BCUT2D eigenvalue weighted by molar-refractivity contribution is 1.28. The van der Waals surface area contributed by atoms with Crippen molar-refractivity contribution in [3.05, 3.63) is 241 Å². The van der Waals surface area contributed by atoms with Crippen molar-refractivity contribution in [3.8, 4) is 11.1 Å². The van der Waals surface area contributed by atoms with Gasteiger partial charge in [0.25, 0.3) is 0 Å². The van der Waals surface area contributed by atoms with Gasteiger partial charge in [0.15, 0.2) is 0 Å². The number of para-hydroxylation sites is 4. The molecule has 258 valence electrons. The summed E-state index contributed by atoms with van der Waals surface area (Å²) >= 11 is 0. The molecule has 0 aliphatic rings. The number of nitrogens with zero attached hydrogens (tertiary/aromatic N) is 2. The Morgan fingerprint density at radius 3 is 0.852 bits per heavy atom. The van der Waals surface area contributed by atoms with E-state index in [1.165, 1.54) is 0 Å². The number of rotatable bonds is 11. The fraction of sp³-hybridized carbons (Fsp3) is 0. The first-order valence-corrected chi connectivity index (χ1v) is 18.2. The maximum atomic E-state index is 9.15. The van der Waals surface area contributed by atoms with Gasteiger partial charge in [-0.1, -0.05) is 170 Å². The van der Waals surface area contributed by atoms with Crippen molar-refractivity contribution in [2.45, 2.75) is 0 Å². The van der Waals surface area contributed by atoms with Crippen molar-refractivity contribution in [2.24, 2.45) is 0 Å². The van der Waals surface area contributed by atoms with Gasteiger partial charge in [0, 0.05) is 34.1 Å². The molecule has 2 nitrogen and oxygen atoms in total. The number of anilines is 6. The summed E-state index contributed by atoms with van der Waals surface area (Å²) in [5.74, 6) is 0. The van der Waals surface area contributed by atoms with E-state index in [1.807, 2.05) is 133 Å². The number of hydrogen-bond donors (Lipinski definition) is 0. The number of hydrogen-bond acceptors (Lipinski definition) is 2. The summed E-state index contributed by atoms with van der Waals surface area (Å²) in [4.78, 5) is 4.44. The normalized spacial score (nSPS) is 12.1. The van der Waals surface area contributed by atoms with Crippen LogP contribution >= 0.6 is 0 Å². The zero-order valence-electron chi connectivity index (χ0n) is 31.8. The monoisotopic (exact) mass is 694 g/mol. The van der Waals surface area contributed by atoms with Crippen LogP contribution in [-0.2, 0) is 0 Å². The van der Waals surface area contributed by atoms with E-state index in [9.17, 15) is 0 Å². The first kappa shape index (κ1) is 31.6. The third-order valence-corrected chi connectivity index (χ3v) is 9.31. The Labute approximate surface area is 321 Å². The van der Waals surface area contributed by atoms with Gasteiger partial charge in [0.1, 0.15) is 0 Å². The summed E-state index contributed by atoms with van der Waals surface area (Å²) in [5.41, 5.74) is 11.9. The lowest BCUT2D eigenvalue weighted by atomic mass is 9.94. The maximum absolute atomic E-state index is 9.15. The van der Waals surface area contributed by atoms with Crippen LogP contribution in [0.15, 0.2) is 218 Å². The molecule has 2 heteroatoms. The van der Waals surface area contributed by atoms with Gasteiger partial charge in [-0.15, -0.1) is 0 Å². The topological polar surface area (TPSA) is 6.48 Å². The predicted molar refractivity (Wildman–Crippen MR) is 232 cm³/mol. The highest BCUT2D eigenvalue weighted by Crippen LogP contribution is 2.36. The molecule has 0 atom stereocenters. The predicted octanol–water partition coefficient (Wildman–Crippen LogP) is 14.6. The molecular formula is C52H40N2. The second-order valence-corrected chi connectivity index (χ2v) is 12.9. The van der Waals surface area contributed by atoms with Crippen LogP contribution in [0.2, 0.25) is 0 Å². The summed E-state index contributed by atoms with van der Waals surface area (Å²) in [6.07, 6.45) is 3.87. The summed E-state index contributed by atoms with van der Waals surface area (Å²) in [6.45, 7) is 0. The molecule has 0 radical (unpaired) electrons. The zero-order valence-corrected chi connectivity index (χ0v) is 29.8. The smallest absolute Gasteiger partial charge is 0.0629 e. The molecule has 54 heavy (non-hydrogen) atoms. The van der Waals surface area contributed by atoms with Crippen LogP contribution in [0.3, 0.4) is 0 Å². The average Bonchev–Trinajstić information content (AvgIpc) is 3.26. The van der Waals surface area contributed by atoms with E-state index in [2.05, 4.69) is 107 Å². The molecule has 0 fully saturated rings. The SMILES string of the molecule is [2H]C(=Cc1ccccc1-c1ccccc1C=C([2H])c1ccc(N(c2ccccc2)c2ccccc2)cc1)c1ccc(N(c2ccccc2)c2ccccc2)cc1. The van der Waals surface area contributed by atoms with E-state index in [1.54, 1.807) is 0 Å². The van der Waals surface area contributed by atoms with Crippen LogP contribution in [0.1, 0.15) is 25.0 Å². The molecule has 0 saturated carbocycles.